The lowest BCUT2D eigenvalue weighted by Gasteiger charge is -2.56. The van der Waals surface area contributed by atoms with Gasteiger partial charge in [-0.3, -0.25) is 0 Å². The van der Waals surface area contributed by atoms with Gasteiger partial charge in [0.05, 0.1) is 0 Å². The van der Waals surface area contributed by atoms with Crippen LogP contribution in [0.1, 0.15) is 0 Å². The lowest BCUT2D eigenvalue weighted by atomic mass is 9.74. The third-order valence-electron chi connectivity index (χ3n) is 2.99. The average Bonchev–Trinajstić information content (AvgIpc) is 2.03. The van der Waals surface area contributed by atoms with Gasteiger partial charge in [0, 0.05) is 31.6 Å². The second kappa shape index (κ2) is 2.81. The summed E-state index contributed by atoms with van der Waals surface area (Å²) in [7, 11) is 0. The van der Waals surface area contributed by atoms with Crippen LogP contribution in [0, 0.1) is 5.41 Å². The monoisotopic (exact) mass is 210 g/mol. The number of hydrogen-bond acceptors (Lipinski definition) is 4. The first kappa shape index (κ1) is 8.44. The molecule has 4 nitrogen and oxygen atoms in total. The van der Waals surface area contributed by atoms with Gasteiger partial charge < -0.3 is 10.2 Å². The number of hydrogen-bond donors (Lipinski definition) is 1. The summed E-state index contributed by atoms with van der Waals surface area (Å²) in [4.78, 5) is 2.24. The molecule has 2 aliphatic heterocycles. The Morgan fingerprint density at radius 2 is 2.07 bits per heavy atom. The van der Waals surface area contributed by atoms with E-state index in [2.05, 4.69) is 20.4 Å². The Hall–Kier alpha value is -0.870. The van der Waals surface area contributed by atoms with Gasteiger partial charge in [-0.15, -0.1) is 10.2 Å². The van der Waals surface area contributed by atoms with Crippen LogP contribution >= 0.6 is 11.6 Å². The Bertz CT molecular complexity index is 338. The van der Waals surface area contributed by atoms with Gasteiger partial charge in [-0.1, -0.05) is 11.6 Å². The van der Waals surface area contributed by atoms with Gasteiger partial charge >= 0.3 is 0 Å². The second-order valence-electron chi connectivity index (χ2n) is 4.17. The summed E-state index contributed by atoms with van der Waals surface area (Å²) in [5.74, 6) is 0.937. The third-order valence-corrected chi connectivity index (χ3v) is 3.20. The minimum Gasteiger partial charge on any atom is -0.354 e. The summed E-state index contributed by atoms with van der Waals surface area (Å²) in [6.07, 6.45) is 0. The molecular weight excluding hydrogens is 200 g/mol. The van der Waals surface area contributed by atoms with Crippen molar-refractivity contribution in [1.82, 2.24) is 15.5 Å². The van der Waals surface area contributed by atoms with E-state index in [1.54, 1.807) is 6.07 Å². The largest absolute Gasteiger partial charge is 0.354 e. The summed E-state index contributed by atoms with van der Waals surface area (Å²) in [5, 5.41) is 11.6. The predicted molar refractivity (Wildman–Crippen MR) is 54.6 cm³/mol. The zero-order chi connectivity index (χ0) is 9.60. The van der Waals surface area contributed by atoms with Crippen LogP contribution in [0.15, 0.2) is 12.1 Å². The molecule has 5 heteroatoms. The molecule has 2 fully saturated rings. The van der Waals surface area contributed by atoms with Crippen LogP contribution in [-0.2, 0) is 0 Å². The maximum Gasteiger partial charge on any atom is 0.151 e. The highest BCUT2D eigenvalue weighted by atomic mass is 35.5. The van der Waals surface area contributed by atoms with E-state index in [-0.39, 0.29) is 0 Å². The smallest absolute Gasteiger partial charge is 0.151 e. The molecule has 0 bridgehead atoms. The van der Waals surface area contributed by atoms with Crippen LogP contribution < -0.4 is 10.2 Å². The SMILES string of the molecule is Clc1ccc(N2CC3(CNC3)C2)nn1. The molecule has 0 aliphatic carbocycles. The van der Waals surface area contributed by atoms with E-state index in [0.29, 0.717) is 10.6 Å². The van der Waals surface area contributed by atoms with Crippen molar-refractivity contribution in [2.24, 2.45) is 5.41 Å². The van der Waals surface area contributed by atoms with E-state index in [1.165, 1.54) is 0 Å². The van der Waals surface area contributed by atoms with Crippen LogP contribution in [0.3, 0.4) is 0 Å². The van der Waals surface area contributed by atoms with Gasteiger partial charge in [0.1, 0.15) is 0 Å². The zero-order valence-electron chi connectivity index (χ0n) is 7.70. The van der Waals surface area contributed by atoms with Crippen molar-refractivity contribution in [2.45, 2.75) is 0 Å². The number of nitrogens with one attached hydrogen (secondary N) is 1. The summed E-state index contributed by atoms with van der Waals surface area (Å²) in [5.41, 5.74) is 0.529. The fourth-order valence-electron chi connectivity index (χ4n) is 2.11. The van der Waals surface area contributed by atoms with Gasteiger partial charge in [0.15, 0.2) is 11.0 Å². The predicted octanol–water partition coefficient (Wildman–Crippen LogP) is 0.540. The third kappa shape index (κ3) is 1.18. The molecule has 3 heterocycles. The van der Waals surface area contributed by atoms with Crippen molar-refractivity contribution in [3.63, 3.8) is 0 Å². The van der Waals surface area contributed by atoms with Crippen LogP contribution in [-0.4, -0.2) is 36.4 Å². The van der Waals surface area contributed by atoms with Gasteiger partial charge in [0.25, 0.3) is 0 Å². The maximum atomic E-state index is 5.67. The van der Waals surface area contributed by atoms with E-state index in [0.717, 1.165) is 32.0 Å². The summed E-state index contributed by atoms with van der Waals surface area (Å²) in [6.45, 7) is 4.47. The van der Waals surface area contributed by atoms with Crippen molar-refractivity contribution in [1.29, 1.82) is 0 Å². The van der Waals surface area contributed by atoms with Crippen molar-refractivity contribution in [3.8, 4) is 0 Å². The van der Waals surface area contributed by atoms with E-state index in [4.69, 9.17) is 11.6 Å². The number of halogens is 1. The molecule has 0 unspecified atom stereocenters. The lowest BCUT2D eigenvalue weighted by molar-refractivity contribution is 0.120. The molecule has 1 N–H and O–H groups in total. The summed E-state index contributed by atoms with van der Waals surface area (Å²) >= 11 is 5.67. The summed E-state index contributed by atoms with van der Waals surface area (Å²) in [6, 6.07) is 3.71. The first-order valence-electron chi connectivity index (χ1n) is 4.72. The highest BCUT2D eigenvalue weighted by molar-refractivity contribution is 6.29. The number of anilines is 1. The Morgan fingerprint density at radius 1 is 1.29 bits per heavy atom. The Balaban J connectivity index is 1.70. The van der Waals surface area contributed by atoms with Crippen molar-refractivity contribution < 1.29 is 0 Å². The molecule has 0 amide bonds. The molecule has 0 aromatic carbocycles. The molecule has 3 rings (SSSR count). The van der Waals surface area contributed by atoms with E-state index in [1.807, 2.05) is 6.07 Å². The van der Waals surface area contributed by atoms with Crippen molar-refractivity contribution >= 4 is 17.4 Å². The molecule has 2 aliphatic rings. The van der Waals surface area contributed by atoms with Crippen LogP contribution in [0.2, 0.25) is 5.15 Å². The highest BCUT2D eigenvalue weighted by Crippen LogP contribution is 2.36. The maximum absolute atomic E-state index is 5.67. The fourth-order valence-corrected chi connectivity index (χ4v) is 2.21. The average molecular weight is 211 g/mol. The first-order chi connectivity index (χ1) is 6.77. The van der Waals surface area contributed by atoms with Crippen molar-refractivity contribution in [3.05, 3.63) is 17.3 Å². The number of rotatable bonds is 1. The Morgan fingerprint density at radius 3 is 2.57 bits per heavy atom. The van der Waals surface area contributed by atoms with E-state index in [9.17, 15) is 0 Å². The van der Waals surface area contributed by atoms with Crippen LogP contribution in [0.25, 0.3) is 0 Å². The highest BCUT2D eigenvalue weighted by Gasteiger charge is 2.47. The molecule has 0 atom stereocenters. The second-order valence-corrected chi connectivity index (χ2v) is 4.56. The topological polar surface area (TPSA) is 41.0 Å². The van der Waals surface area contributed by atoms with E-state index >= 15 is 0 Å². The quantitative estimate of drug-likeness (QED) is 0.735. The van der Waals surface area contributed by atoms with Gasteiger partial charge in [-0.25, -0.2) is 0 Å². The van der Waals surface area contributed by atoms with Crippen LogP contribution in [0.4, 0.5) is 5.82 Å². The minimum atomic E-state index is 0.453. The molecule has 14 heavy (non-hydrogen) atoms. The van der Waals surface area contributed by atoms with E-state index < -0.39 is 0 Å². The standard InChI is InChI=1S/C9H11ClN4/c10-7-1-2-8(13-12-7)14-5-9(6-14)3-11-4-9/h1-2,11H,3-6H2. The normalized spacial score (nSPS) is 23.1. The number of nitrogens with zero attached hydrogens (tertiary/aromatic N) is 3. The molecule has 1 spiro atoms. The van der Waals surface area contributed by atoms with Gasteiger partial charge in [-0.2, -0.15) is 0 Å². The molecule has 2 saturated heterocycles. The molecule has 74 valence electrons. The molecular formula is C9H11ClN4. The van der Waals surface area contributed by atoms with Crippen molar-refractivity contribution in [2.75, 3.05) is 31.1 Å². The molecule has 0 saturated carbocycles. The number of aromatic nitrogens is 2. The zero-order valence-corrected chi connectivity index (χ0v) is 8.46. The van der Waals surface area contributed by atoms with Gasteiger partial charge in [0.2, 0.25) is 0 Å². The molecule has 1 aromatic rings. The van der Waals surface area contributed by atoms with Crippen LogP contribution in [0.5, 0.6) is 0 Å². The first-order valence-corrected chi connectivity index (χ1v) is 5.10. The Labute approximate surface area is 87.3 Å². The molecule has 0 radical (unpaired) electrons. The summed E-state index contributed by atoms with van der Waals surface area (Å²) < 4.78 is 0. The minimum absolute atomic E-state index is 0.453. The van der Waals surface area contributed by atoms with Gasteiger partial charge in [-0.05, 0) is 12.1 Å². The lowest BCUT2D eigenvalue weighted by Crippen LogP contribution is -2.71. The fraction of sp³-hybridized carbons (Fsp3) is 0.556. The molecule has 1 aromatic heterocycles. The Kier molecular flexibility index (Phi) is 1.69.